The molecule has 4 nitrogen and oxygen atoms in total. The van der Waals surface area contributed by atoms with Crippen LogP contribution in [0, 0.1) is 12.3 Å². The molecule has 1 N–H and O–H groups in total. The Labute approximate surface area is 178 Å². The first-order chi connectivity index (χ1) is 14.7. The number of nitrogens with one attached hydrogen (secondary N) is 1. The van der Waals surface area contributed by atoms with Gasteiger partial charge in [0.15, 0.2) is 0 Å². The Bertz CT molecular complexity index is 1040. The lowest BCUT2D eigenvalue weighted by molar-refractivity contribution is 0.0658. The van der Waals surface area contributed by atoms with E-state index in [1.54, 1.807) is 0 Å². The third-order valence-corrected chi connectivity index (χ3v) is 6.70. The minimum atomic E-state index is -0.413. The van der Waals surface area contributed by atoms with Gasteiger partial charge in [-0.15, -0.1) is 0 Å². The molecule has 152 valence electrons. The van der Waals surface area contributed by atoms with Crippen molar-refractivity contribution in [1.29, 1.82) is 5.41 Å². The van der Waals surface area contributed by atoms with Crippen LogP contribution in [0.25, 0.3) is 0 Å². The molecule has 1 aromatic heterocycles. The maximum Gasteiger partial charge on any atom is 0.0944 e. The summed E-state index contributed by atoms with van der Waals surface area (Å²) in [5, 5.41) is 9.21. The molecule has 3 aromatic rings. The molecule has 4 heteroatoms. The molecule has 30 heavy (non-hydrogen) atoms. The number of benzene rings is 2. The molecule has 0 spiro atoms. The SMILES string of the molecule is Cc1ccc(C2(N3CCN(Cc4ccccc4)CC3)Cc3ccccc3C2=N)cn1. The minimum absolute atomic E-state index is 0.413. The van der Waals surface area contributed by atoms with Crippen LogP contribution >= 0.6 is 0 Å². The van der Waals surface area contributed by atoms with Gasteiger partial charge in [0.2, 0.25) is 0 Å². The van der Waals surface area contributed by atoms with Gasteiger partial charge in [0.05, 0.1) is 11.3 Å². The van der Waals surface area contributed by atoms with E-state index < -0.39 is 5.54 Å². The maximum absolute atomic E-state index is 9.21. The number of pyridine rings is 1. The van der Waals surface area contributed by atoms with Gasteiger partial charge < -0.3 is 5.41 Å². The number of fused-ring (bicyclic) bond motifs is 1. The quantitative estimate of drug-likeness (QED) is 0.724. The summed E-state index contributed by atoms with van der Waals surface area (Å²) in [6.45, 7) is 6.95. The molecule has 1 aliphatic carbocycles. The summed E-state index contributed by atoms with van der Waals surface area (Å²) < 4.78 is 0. The highest BCUT2D eigenvalue weighted by molar-refractivity contribution is 6.09. The third-order valence-electron chi connectivity index (χ3n) is 6.70. The van der Waals surface area contributed by atoms with Crippen molar-refractivity contribution < 1.29 is 0 Å². The number of rotatable bonds is 4. The molecule has 1 unspecified atom stereocenters. The zero-order chi connectivity index (χ0) is 20.6. The largest absolute Gasteiger partial charge is 0.302 e. The molecule has 1 fully saturated rings. The van der Waals surface area contributed by atoms with E-state index in [9.17, 15) is 5.41 Å². The lowest BCUT2D eigenvalue weighted by atomic mass is 9.83. The van der Waals surface area contributed by atoms with Crippen molar-refractivity contribution in [2.45, 2.75) is 25.4 Å². The molecule has 0 bridgehead atoms. The fraction of sp³-hybridized carbons (Fsp3) is 0.308. The van der Waals surface area contributed by atoms with Crippen molar-refractivity contribution in [3.8, 4) is 0 Å². The molecular formula is C26H28N4. The topological polar surface area (TPSA) is 43.2 Å². The second-order valence-electron chi connectivity index (χ2n) is 8.51. The van der Waals surface area contributed by atoms with Gasteiger partial charge in [-0.25, -0.2) is 0 Å². The molecule has 0 saturated carbocycles. The first kappa shape index (κ1) is 19.2. The highest BCUT2D eigenvalue weighted by atomic mass is 15.3. The number of aryl methyl sites for hydroxylation is 1. The van der Waals surface area contributed by atoms with Gasteiger partial charge in [0.25, 0.3) is 0 Å². The van der Waals surface area contributed by atoms with Crippen LogP contribution in [-0.2, 0) is 18.5 Å². The number of aromatic nitrogens is 1. The van der Waals surface area contributed by atoms with Crippen molar-refractivity contribution in [3.05, 3.63) is 101 Å². The monoisotopic (exact) mass is 396 g/mol. The van der Waals surface area contributed by atoms with E-state index in [2.05, 4.69) is 81.5 Å². The van der Waals surface area contributed by atoms with Gasteiger partial charge in [-0.1, -0.05) is 60.7 Å². The zero-order valence-corrected chi connectivity index (χ0v) is 17.5. The van der Waals surface area contributed by atoms with Gasteiger partial charge in [-0.05, 0) is 29.7 Å². The van der Waals surface area contributed by atoms with E-state index in [1.165, 1.54) is 11.1 Å². The number of hydrogen-bond acceptors (Lipinski definition) is 4. The summed E-state index contributed by atoms with van der Waals surface area (Å²) >= 11 is 0. The predicted molar refractivity (Wildman–Crippen MR) is 121 cm³/mol. The number of nitrogens with zero attached hydrogens (tertiary/aromatic N) is 3. The van der Waals surface area contributed by atoms with Crippen LogP contribution in [0.5, 0.6) is 0 Å². The van der Waals surface area contributed by atoms with Crippen LogP contribution in [0.15, 0.2) is 72.9 Å². The molecule has 0 amide bonds. The van der Waals surface area contributed by atoms with Gasteiger partial charge >= 0.3 is 0 Å². The van der Waals surface area contributed by atoms with E-state index in [-0.39, 0.29) is 0 Å². The average molecular weight is 397 g/mol. The Morgan fingerprint density at radius 1 is 0.900 bits per heavy atom. The van der Waals surface area contributed by atoms with Gasteiger partial charge in [-0.2, -0.15) is 0 Å². The first-order valence-electron chi connectivity index (χ1n) is 10.8. The fourth-order valence-corrected chi connectivity index (χ4v) is 5.05. The van der Waals surface area contributed by atoms with Crippen molar-refractivity contribution in [3.63, 3.8) is 0 Å². The van der Waals surface area contributed by atoms with E-state index in [0.717, 1.165) is 61.7 Å². The van der Waals surface area contributed by atoms with Crippen LogP contribution in [0.2, 0.25) is 0 Å². The average Bonchev–Trinajstić information content (AvgIpc) is 3.09. The standard InChI is InChI=1S/C26H28N4/c1-20-11-12-23(18-28-20)26(17-22-9-5-6-10-24(22)25(26)27)30-15-13-29(14-16-30)19-21-7-3-2-4-8-21/h2-12,18,27H,13-17,19H2,1H3. The molecule has 2 heterocycles. The lowest BCUT2D eigenvalue weighted by Crippen LogP contribution is -2.58. The molecule has 1 atom stereocenters. The molecule has 1 saturated heterocycles. The second-order valence-corrected chi connectivity index (χ2v) is 8.51. The molecule has 1 aliphatic heterocycles. The van der Waals surface area contributed by atoms with E-state index >= 15 is 0 Å². The van der Waals surface area contributed by atoms with Crippen molar-refractivity contribution >= 4 is 5.71 Å². The smallest absolute Gasteiger partial charge is 0.0944 e. The zero-order valence-electron chi connectivity index (χ0n) is 17.5. The molecular weight excluding hydrogens is 368 g/mol. The van der Waals surface area contributed by atoms with Crippen LogP contribution in [0.1, 0.15) is 27.9 Å². The molecule has 5 rings (SSSR count). The number of hydrogen-bond donors (Lipinski definition) is 1. The Hall–Kier alpha value is -2.82. The summed E-state index contributed by atoms with van der Waals surface area (Å²) in [5.74, 6) is 0. The first-order valence-corrected chi connectivity index (χ1v) is 10.8. The lowest BCUT2D eigenvalue weighted by Gasteiger charge is -2.46. The van der Waals surface area contributed by atoms with Crippen LogP contribution in [0.4, 0.5) is 0 Å². The fourth-order valence-electron chi connectivity index (χ4n) is 5.05. The van der Waals surface area contributed by atoms with E-state index in [0.29, 0.717) is 0 Å². The van der Waals surface area contributed by atoms with Crippen molar-refractivity contribution in [1.82, 2.24) is 14.8 Å². The molecule has 2 aromatic carbocycles. The summed E-state index contributed by atoms with van der Waals surface area (Å²) in [5.41, 5.74) is 6.20. The van der Waals surface area contributed by atoms with Crippen molar-refractivity contribution in [2.75, 3.05) is 26.2 Å². The minimum Gasteiger partial charge on any atom is -0.302 e. The van der Waals surface area contributed by atoms with Crippen LogP contribution < -0.4 is 0 Å². The summed E-state index contributed by atoms with van der Waals surface area (Å²) in [4.78, 5) is 9.66. The highest BCUT2D eigenvalue weighted by Crippen LogP contribution is 2.42. The summed E-state index contributed by atoms with van der Waals surface area (Å²) in [7, 11) is 0. The third kappa shape index (κ3) is 3.26. The Balaban J connectivity index is 1.43. The highest BCUT2D eigenvalue weighted by Gasteiger charge is 2.49. The summed E-state index contributed by atoms with van der Waals surface area (Å²) in [6, 6.07) is 23.4. The van der Waals surface area contributed by atoms with Crippen molar-refractivity contribution in [2.24, 2.45) is 0 Å². The Morgan fingerprint density at radius 3 is 2.33 bits per heavy atom. The Kier molecular flexibility index (Phi) is 4.97. The predicted octanol–water partition coefficient (Wildman–Crippen LogP) is 4.03. The molecule has 0 radical (unpaired) electrons. The number of piperazine rings is 1. The van der Waals surface area contributed by atoms with Crippen LogP contribution in [0.3, 0.4) is 0 Å². The Morgan fingerprint density at radius 2 is 1.63 bits per heavy atom. The summed E-state index contributed by atoms with van der Waals surface area (Å²) in [6.07, 6.45) is 2.84. The van der Waals surface area contributed by atoms with Gasteiger partial charge in [0.1, 0.15) is 0 Å². The van der Waals surface area contributed by atoms with Gasteiger partial charge in [-0.3, -0.25) is 14.8 Å². The van der Waals surface area contributed by atoms with Crippen LogP contribution in [-0.4, -0.2) is 46.7 Å². The normalized spacial score (nSPS) is 22.2. The maximum atomic E-state index is 9.21. The van der Waals surface area contributed by atoms with Gasteiger partial charge in [0, 0.05) is 56.6 Å². The second kappa shape index (κ2) is 7.78. The van der Waals surface area contributed by atoms with E-state index in [4.69, 9.17) is 0 Å². The van der Waals surface area contributed by atoms with E-state index in [1.807, 2.05) is 13.1 Å². The molecule has 2 aliphatic rings.